The number of carbonyl (C=O) groups excluding carboxylic acids is 1. The number of aromatic nitrogens is 3. The van der Waals surface area contributed by atoms with E-state index in [1.54, 1.807) is 35.3 Å². The highest BCUT2D eigenvalue weighted by atomic mass is 32.1. The number of rotatable bonds is 4. The molecule has 2 aromatic heterocycles. The monoisotopic (exact) mass is 286 g/mol. The van der Waals surface area contributed by atoms with Crippen LogP contribution < -0.4 is 5.32 Å². The predicted molar refractivity (Wildman–Crippen MR) is 78.9 cm³/mol. The summed E-state index contributed by atoms with van der Waals surface area (Å²) in [4.78, 5) is 20.4. The van der Waals surface area contributed by atoms with Crippen LogP contribution in [0.1, 0.15) is 15.6 Å². The van der Waals surface area contributed by atoms with Gasteiger partial charge in [0.25, 0.3) is 5.91 Å². The first kappa shape index (κ1) is 12.8. The number of hydrogen-bond donors (Lipinski definition) is 1. The van der Waals surface area contributed by atoms with Gasteiger partial charge in [0.15, 0.2) is 5.82 Å². The highest BCUT2D eigenvalue weighted by Crippen LogP contribution is 2.21. The molecular formula is C14H14N4OS. The molecule has 0 saturated carbocycles. The van der Waals surface area contributed by atoms with E-state index in [-0.39, 0.29) is 5.91 Å². The highest BCUT2D eigenvalue weighted by molar-refractivity contribution is 7.18. The first-order valence-corrected chi connectivity index (χ1v) is 7.15. The summed E-state index contributed by atoms with van der Waals surface area (Å²) in [6.07, 6.45) is 4.10. The largest absolute Gasteiger partial charge is 0.349 e. The van der Waals surface area contributed by atoms with Gasteiger partial charge in [-0.1, -0.05) is 12.1 Å². The Balaban J connectivity index is 1.60. The molecule has 3 aromatic rings. The van der Waals surface area contributed by atoms with Gasteiger partial charge in [-0.15, -0.1) is 11.3 Å². The Hall–Kier alpha value is -2.21. The minimum absolute atomic E-state index is 0.154. The number of carbonyl (C=O) groups is 1. The van der Waals surface area contributed by atoms with Gasteiger partial charge in [0.2, 0.25) is 0 Å². The summed E-state index contributed by atoms with van der Waals surface area (Å²) in [5, 5.41) is 3.90. The maximum absolute atomic E-state index is 11.9. The number of thiazole rings is 1. The molecule has 0 aliphatic rings. The first-order valence-electron chi connectivity index (χ1n) is 6.34. The van der Waals surface area contributed by atoms with Crippen LogP contribution in [0.2, 0.25) is 0 Å². The van der Waals surface area contributed by atoms with Gasteiger partial charge < -0.3 is 9.88 Å². The fraction of sp³-hybridized carbons (Fsp3) is 0.214. The molecule has 1 aromatic carbocycles. The summed E-state index contributed by atoms with van der Waals surface area (Å²) in [5.41, 5.74) is 1.02. The van der Waals surface area contributed by atoms with E-state index in [4.69, 9.17) is 0 Å². The van der Waals surface area contributed by atoms with Crippen molar-refractivity contribution in [3.05, 3.63) is 47.5 Å². The number of hydrogen-bond acceptors (Lipinski definition) is 4. The molecule has 2 heterocycles. The van der Waals surface area contributed by atoms with Crippen LogP contribution >= 0.6 is 11.3 Å². The van der Waals surface area contributed by atoms with Crippen LogP contribution in [0.3, 0.4) is 0 Å². The van der Waals surface area contributed by atoms with Crippen LogP contribution in [0.25, 0.3) is 10.2 Å². The molecule has 0 spiro atoms. The second-order valence-electron chi connectivity index (χ2n) is 4.44. The van der Waals surface area contributed by atoms with Gasteiger partial charge in [0.05, 0.1) is 15.2 Å². The fourth-order valence-corrected chi connectivity index (χ4v) is 2.94. The molecule has 0 bridgehead atoms. The van der Waals surface area contributed by atoms with Gasteiger partial charge in [0.1, 0.15) is 0 Å². The first-order chi connectivity index (χ1) is 9.74. The van der Waals surface area contributed by atoms with Crippen molar-refractivity contribution in [2.45, 2.75) is 6.42 Å². The van der Waals surface area contributed by atoms with Crippen LogP contribution in [-0.2, 0) is 13.5 Å². The maximum atomic E-state index is 11.9. The van der Waals surface area contributed by atoms with Crippen molar-refractivity contribution in [1.82, 2.24) is 19.9 Å². The van der Waals surface area contributed by atoms with Crippen LogP contribution in [0.4, 0.5) is 0 Å². The Kier molecular flexibility index (Phi) is 3.47. The van der Waals surface area contributed by atoms with E-state index in [1.807, 2.05) is 18.2 Å². The van der Waals surface area contributed by atoms with Crippen molar-refractivity contribution < 1.29 is 4.79 Å². The molecule has 1 amide bonds. The van der Waals surface area contributed by atoms with Crippen molar-refractivity contribution in [3.8, 4) is 0 Å². The third kappa shape index (κ3) is 2.55. The Bertz CT molecular complexity index is 713. The average Bonchev–Trinajstić information content (AvgIpc) is 3.04. The topological polar surface area (TPSA) is 59.8 Å². The molecule has 20 heavy (non-hydrogen) atoms. The van der Waals surface area contributed by atoms with E-state index in [9.17, 15) is 4.79 Å². The Morgan fingerprint density at radius 3 is 3.00 bits per heavy atom. The third-order valence-electron chi connectivity index (χ3n) is 2.99. The van der Waals surface area contributed by atoms with E-state index in [2.05, 4.69) is 21.4 Å². The molecule has 0 unspecified atom stereocenters. The number of aryl methyl sites for hydroxylation is 1. The molecule has 0 aliphatic heterocycles. The van der Waals surface area contributed by atoms with Crippen molar-refractivity contribution in [2.75, 3.05) is 6.54 Å². The van der Waals surface area contributed by atoms with E-state index in [0.717, 1.165) is 16.9 Å². The van der Waals surface area contributed by atoms with Crippen molar-refractivity contribution in [2.24, 2.45) is 7.05 Å². The zero-order valence-corrected chi connectivity index (χ0v) is 11.9. The number of benzene rings is 1. The Morgan fingerprint density at radius 1 is 1.40 bits per heavy atom. The Morgan fingerprint density at radius 2 is 2.25 bits per heavy atom. The van der Waals surface area contributed by atoms with E-state index in [0.29, 0.717) is 12.4 Å². The Labute approximate surface area is 120 Å². The molecule has 3 rings (SSSR count). The molecule has 0 saturated heterocycles. The second-order valence-corrected chi connectivity index (χ2v) is 5.56. The van der Waals surface area contributed by atoms with Crippen molar-refractivity contribution >= 4 is 27.5 Å². The smallest absolute Gasteiger partial charge is 0.287 e. The minimum Gasteiger partial charge on any atom is -0.349 e. The molecule has 0 fully saturated rings. The number of para-hydroxylation sites is 1. The molecule has 0 radical (unpaired) electrons. The quantitative estimate of drug-likeness (QED) is 0.798. The zero-order chi connectivity index (χ0) is 13.9. The van der Waals surface area contributed by atoms with Gasteiger partial charge in [-0.3, -0.25) is 4.79 Å². The van der Waals surface area contributed by atoms with Crippen LogP contribution in [0.5, 0.6) is 0 Å². The molecule has 0 aliphatic carbocycles. The summed E-state index contributed by atoms with van der Waals surface area (Å²) in [5.74, 6) is 0.271. The van der Waals surface area contributed by atoms with Crippen LogP contribution in [0, 0.1) is 0 Å². The summed E-state index contributed by atoms with van der Waals surface area (Å²) < 4.78 is 2.88. The van der Waals surface area contributed by atoms with E-state index >= 15 is 0 Å². The van der Waals surface area contributed by atoms with Crippen molar-refractivity contribution in [1.29, 1.82) is 0 Å². The lowest BCUT2D eigenvalue weighted by molar-refractivity contribution is 0.0940. The number of amides is 1. The maximum Gasteiger partial charge on any atom is 0.287 e. The fourth-order valence-electron chi connectivity index (χ4n) is 1.97. The number of imidazole rings is 1. The van der Waals surface area contributed by atoms with E-state index in [1.165, 1.54) is 4.70 Å². The second kappa shape index (κ2) is 5.42. The average molecular weight is 286 g/mol. The van der Waals surface area contributed by atoms with Crippen LogP contribution in [0.15, 0.2) is 36.7 Å². The predicted octanol–water partition coefficient (Wildman–Crippen LogP) is 2.00. The van der Waals surface area contributed by atoms with Crippen LogP contribution in [-0.4, -0.2) is 27.0 Å². The minimum atomic E-state index is -0.154. The SMILES string of the molecule is Cn1ccnc1C(=O)NCCc1nc2ccccc2s1. The lowest BCUT2D eigenvalue weighted by Crippen LogP contribution is -2.28. The lowest BCUT2D eigenvalue weighted by atomic mass is 10.3. The van der Waals surface area contributed by atoms with Crippen molar-refractivity contribution in [3.63, 3.8) is 0 Å². The molecule has 102 valence electrons. The third-order valence-corrected chi connectivity index (χ3v) is 4.08. The molecule has 0 atom stereocenters. The van der Waals surface area contributed by atoms with Gasteiger partial charge in [-0.25, -0.2) is 9.97 Å². The molecular weight excluding hydrogens is 272 g/mol. The van der Waals surface area contributed by atoms with Gasteiger partial charge in [0, 0.05) is 32.4 Å². The normalized spacial score (nSPS) is 10.8. The highest BCUT2D eigenvalue weighted by Gasteiger charge is 2.10. The molecule has 5 nitrogen and oxygen atoms in total. The number of nitrogens with one attached hydrogen (secondary N) is 1. The standard InChI is InChI=1S/C14H14N4OS/c1-18-9-8-15-13(18)14(19)16-7-6-12-17-10-4-2-3-5-11(10)20-12/h2-5,8-9H,6-7H2,1H3,(H,16,19). The van der Waals surface area contributed by atoms with Gasteiger partial charge >= 0.3 is 0 Å². The summed E-state index contributed by atoms with van der Waals surface area (Å²) in [6.45, 7) is 0.561. The summed E-state index contributed by atoms with van der Waals surface area (Å²) in [7, 11) is 1.80. The number of nitrogens with zero attached hydrogens (tertiary/aromatic N) is 3. The lowest BCUT2D eigenvalue weighted by Gasteiger charge is -2.03. The van der Waals surface area contributed by atoms with E-state index < -0.39 is 0 Å². The molecule has 6 heteroatoms. The molecule has 1 N–H and O–H groups in total. The van der Waals surface area contributed by atoms with Gasteiger partial charge in [-0.05, 0) is 12.1 Å². The number of fused-ring (bicyclic) bond motifs is 1. The summed E-state index contributed by atoms with van der Waals surface area (Å²) in [6, 6.07) is 8.05. The summed E-state index contributed by atoms with van der Waals surface area (Å²) >= 11 is 1.67. The zero-order valence-electron chi connectivity index (χ0n) is 11.0. The van der Waals surface area contributed by atoms with Gasteiger partial charge in [-0.2, -0.15) is 0 Å².